The van der Waals surface area contributed by atoms with E-state index in [9.17, 15) is 10.1 Å². The molecule has 6 heteroatoms. The molecule has 1 atom stereocenters. The number of nitro groups is 1. The Morgan fingerprint density at radius 1 is 1.45 bits per heavy atom. The van der Waals surface area contributed by atoms with Crippen molar-refractivity contribution in [3.63, 3.8) is 0 Å². The van der Waals surface area contributed by atoms with E-state index in [4.69, 9.17) is 4.74 Å². The highest BCUT2D eigenvalue weighted by Gasteiger charge is 2.19. The molecule has 0 amide bonds. The molecule has 0 saturated carbocycles. The minimum absolute atomic E-state index is 0.00759. The van der Waals surface area contributed by atoms with Crippen LogP contribution in [0.2, 0.25) is 0 Å². The number of hydrogen-bond acceptors (Lipinski definition) is 5. The van der Waals surface area contributed by atoms with Crippen molar-refractivity contribution in [2.24, 2.45) is 0 Å². The number of anilines is 1. The molecule has 0 radical (unpaired) electrons. The molecule has 1 N–H and O–H groups in total. The summed E-state index contributed by atoms with van der Waals surface area (Å²) in [7, 11) is 0. The van der Waals surface area contributed by atoms with Crippen LogP contribution in [0.25, 0.3) is 0 Å². The number of rotatable bonds is 4. The lowest BCUT2D eigenvalue weighted by Crippen LogP contribution is -2.49. The molecule has 110 valence electrons. The highest BCUT2D eigenvalue weighted by atomic mass is 16.6. The van der Waals surface area contributed by atoms with Gasteiger partial charge in [-0.2, -0.15) is 0 Å². The van der Waals surface area contributed by atoms with Crippen LogP contribution in [0.4, 0.5) is 11.4 Å². The van der Waals surface area contributed by atoms with Crippen LogP contribution in [0.1, 0.15) is 20.8 Å². The van der Waals surface area contributed by atoms with E-state index < -0.39 is 0 Å². The Kier molecular flexibility index (Phi) is 4.44. The molecule has 1 aromatic rings. The van der Waals surface area contributed by atoms with Crippen molar-refractivity contribution in [2.75, 3.05) is 24.5 Å². The van der Waals surface area contributed by atoms with Gasteiger partial charge in [0.25, 0.3) is 5.69 Å². The lowest BCUT2D eigenvalue weighted by atomic mass is 10.2. The third kappa shape index (κ3) is 3.60. The maximum absolute atomic E-state index is 11.1. The van der Waals surface area contributed by atoms with Crippen LogP contribution in [-0.4, -0.2) is 36.7 Å². The van der Waals surface area contributed by atoms with Crippen molar-refractivity contribution in [1.29, 1.82) is 0 Å². The summed E-state index contributed by atoms with van der Waals surface area (Å²) in [6.45, 7) is 8.48. The summed E-state index contributed by atoms with van der Waals surface area (Å²) in [5.74, 6) is 0.551. The van der Waals surface area contributed by atoms with Gasteiger partial charge in [-0.15, -0.1) is 0 Å². The first-order valence-electron chi connectivity index (χ1n) is 6.90. The fourth-order valence-corrected chi connectivity index (χ4v) is 2.36. The smallest absolute Gasteiger partial charge is 0.275 e. The predicted molar refractivity (Wildman–Crippen MR) is 78.5 cm³/mol. The van der Waals surface area contributed by atoms with Crippen molar-refractivity contribution in [1.82, 2.24) is 5.32 Å². The van der Waals surface area contributed by atoms with Crippen LogP contribution in [0.5, 0.6) is 5.75 Å². The van der Waals surface area contributed by atoms with Crippen LogP contribution in [0.3, 0.4) is 0 Å². The number of benzene rings is 1. The number of hydrogen-bond donors (Lipinski definition) is 1. The SMILES string of the molecule is CC(C)Oc1cc(N2CCN[C@@H](C)C2)cc([N+](=O)[O-])c1. The highest BCUT2D eigenvalue weighted by molar-refractivity contribution is 5.58. The van der Waals surface area contributed by atoms with Crippen LogP contribution in [0, 0.1) is 10.1 Å². The van der Waals surface area contributed by atoms with Gasteiger partial charge in [-0.1, -0.05) is 0 Å². The lowest BCUT2D eigenvalue weighted by molar-refractivity contribution is -0.384. The first-order valence-corrected chi connectivity index (χ1v) is 6.90. The highest BCUT2D eigenvalue weighted by Crippen LogP contribution is 2.29. The van der Waals surface area contributed by atoms with Crippen molar-refractivity contribution < 1.29 is 9.66 Å². The van der Waals surface area contributed by atoms with E-state index in [0.29, 0.717) is 11.8 Å². The Morgan fingerprint density at radius 3 is 2.80 bits per heavy atom. The van der Waals surface area contributed by atoms with Crippen molar-refractivity contribution >= 4 is 11.4 Å². The molecule has 0 aliphatic carbocycles. The number of nitrogens with one attached hydrogen (secondary N) is 1. The van der Waals surface area contributed by atoms with Crippen molar-refractivity contribution in [3.05, 3.63) is 28.3 Å². The van der Waals surface area contributed by atoms with E-state index >= 15 is 0 Å². The van der Waals surface area contributed by atoms with Gasteiger partial charge < -0.3 is 15.0 Å². The van der Waals surface area contributed by atoms with E-state index in [0.717, 1.165) is 25.3 Å². The Bertz CT molecular complexity index is 491. The van der Waals surface area contributed by atoms with Gasteiger partial charge in [-0.05, 0) is 20.8 Å². The second-order valence-electron chi connectivity index (χ2n) is 5.41. The zero-order valence-electron chi connectivity index (χ0n) is 12.1. The van der Waals surface area contributed by atoms with Crippen LogP contribution >= 0.6 is 0 Å². The molecule has 0 unspecified atom stereocenters. The van der Waals surface area contributed by atoms with Gasteiger partial charge in [0.05, 0.1) is 17.1 Å². The molecule has 1 fully saturated rings. The Morgan fingerprint density at radius 2 is 2.20 bits per heavy atom. The van der Waals surface area contributed by atoms with Crippen LogP contribution in [0.15, 0.2) is 18.2 Å². The van der Waals surface area contributed by atoms with Crippen LogP contribution in [-0.2, 0) is 0 Å². The summed E-state index contributed by atoms with van der Waals surface area (Å²) in [5.41, 5.74) is 0.924. The minimum Gasteiger partial charge on any atom is -0.491 e. The maximum atomic E-state index is 11.1. The quantitative estimate of drug-likeness (QED) is 0.676. The van der Waals surface area contributed by atoms with Gasteiger partial charge in [-0.3, -0.25) is 10.1 Å². The van der Waals surface area contributed by atoms with E-state index in [1.54, 1.807) is 6.07 Å². The first-order chi connectivity index (χ1) is 9.45. The Labute approximate surface area is 118 Å². The molecule has 6 nitrogen and oxygen atoms in total. The zero-order valence-corrected chi connectivity index (χ0v) is 12.1. The normalized spacial score (nSPS) is 19.2. The monoisotopic (exact) mass is 279 g/mol. The summed E-state index contributed by atoms with van der Waals surface area (Å²) in [6, 6.07) is 5.35. The van der Waals surface area contributed by atoms with Crippen molar-refractivity contribution in [2.45, 2.75) is 32.9 Å². The van der Waals surface area contributed by atoms with E-state index in [1.807, 2.05) is 19.9 Å². The van der Waals surface area contributed by atoms with Gasteiger partial charge >= 0.3 is 0 Å². The standard InChI is InChI=1S/C14H21N3O3/c1-10(2)20-14-7-12(6-13(8-14)17(18)19)16-5-4-15-11(3)9-16/h6-8,10-11,15H,4-5,9H2,1-3H3/t11-/m0/s1. The zero-order chi connectivity index (χ0) is 14.7. The van der Waals surface area contributed by atoms with Gasteiger partial charge in [0, 0.05) is 43.5 Å². The molecular formula is C14H21N3O3. The topological polar surface area (TPSA) is 67.6 Å². The maximum Gasteiger partial charge on any atom is 0.275 e. The van der Waals surface area contributed by atoms with E-state index in [-0.39, 0.29) is 16.7 Å². The van der Waals surface area contributed by atoms with E-state index in [1.165, 1.54) is 6.07 Å². The summed E-state index contributed by atoms with van der Waals surface area (Å²) in [4.78, 5) is 12.8. The van der Waals surface area contributed by atoms with Gasteiger partial charge in [0.15, 0.2) is 0 Å². The Hall–Kier alpha value is -1.82. The van der Waals surface area contributed by atoms with Crippen LogP contribution < -0.4 is 15.0 Å². The average Bonchev–Trinajstić information content (AvgIpc) is 2.37. The molecule has 0 aromatic heterocycles. The third-order valence-corrected chi connectivity index (χ3v) is 3.19. The summed E-state index contributed by atoms with van der Waals surface area (Å²) in [6.07, 6.45) is -0.00759. The number of ether oxygens (including phenoxy) is 1. The molecular weight excluding hydrogens is 258 g/mol. The van der Waals surface area contributed by atoms with Gasteiger partial charge in [-0.25, -0.2) is 0 Å². The molecule has 1 heterocycles. The minimum atomic E-state index is -0.373. The molecule has 1 aliphatic heterocycles. The molecule has 0 spiro atoms. The third-order valence-electron chi connectivity index (χ3n) is 3.19. The molecule has 0 bridgehead atoms. The molecule has 2 rings (SSSR count). The first kappa shape index (κ1) is 14.6. The summed E-state index contributed by atoms with van der Waals surface area (Å²) < 4.78 is 5.62. The summed E-state index contributed by atoms with van der Waals surface area (Å²) >= 11 is 0. The number of nitrogens with zero attached hydrogens (tertiary/aromatic N) is 2. The van der Waals surface area contributed by atoms with Crippen molar-refractivity contribution in [3.8, 4) is 5.75 Å². The van der Waals surface area contributed by atoms with Gasteiger partial charge in [0.1, 0.15) is 5.75 Å². The summed E-state index contributed by atoms with van der Waals surface area (Å²) in [5, 5.41) is 14.4. The molecule has 1 aromatic carbocycles. The molecule has 1 aliphatic rings. The second-order valence-corrected chi connectivity index (χ2v) is 5.41. The predicted octanol–water partition coefficient (Wildman–Crippen LogP) is 2.18. The Balaban J connectivity index is 2.30. The molecule has 1 saturated heterocycles. The second kappa shape index (κ2) is 6.09. The number of non-ortho nitro benzene ring substituents is 1. The number of piperazine rings is 1. The lowest BCUT2D eigenvalue weighted by Gasteiger charge is -2.33. The number of nitro benzene ring substituents is 1. The fraction of sp³-hybridized carbons (Fsp3) is 0.571. The fourth-order valence-electron chi connectivity index (χ4n) is 2.36. The molecule has 20 heavy (non-hydrogen) atoms. The largest absolute Gasteiger partial charge is 0.491 e. The van der Waals surface area contributed by atoms with Gasteiger partial charge in [0.2, 0.25) is 0 Å². The van der Waals surface area contributed by atoms with E-state index in [2.05, 4.69) is 17.1 Å². The average molecular weight is 279 g/mol.